The lowest BCUT2D eigenvalue weighted by molar-refractivity contribution is -0.0230. The zero-order valence-corrected chi connectivity index (χ0v) is 12.0. The second-order valence-electron chi connectivity index (χ2n) is 5.29. The average Bonchev–Trinajstić information content (AvgIpc) is 2.84. The van der Waals surface area contributed by atoms with Gasteiger partial charge in [-0.25, -0.2) is 5.84 Å². The van der Waals surface area contributed by atoms with Crippen molar-refractivity contribution in [2.75, 3.05) is 19.7 Å². The summed E-state index contributed by atoms with van der Waals surface area (Å²) in [6, 6.07) is 7.49. The summed E-state index contributed by atoms with van der Waals surface area (Å²) in [6.45, 7) is 4.95. The molecule has 2 heterocycles. The van der Waals surface area contributed by atoms with Crippen molar-refractivity contribution in [2.45, 2.75) is 19.6 Å². The van der Waals surface area contributed by atoms with Crippen LogP contribution < -0.4 is 11.3 Å². The van der Waals surface area contributed by atoms with Gasteiger partial charge in [0.1, 0.15) is 11.3 Å². The third kappa shape index (κ3) is 2.78. The quantitative estimate of drug-likeness (QED) is 0.505. The van der Waals surface area contributed by atoms with Gasteiger partial charge in [-0.3, -0.25) is 15.1 Å². The van der Waals surface area contributed by atoms with Crippen LogP contribution in [-0.2, 0) is 11.3 Å². The van der Waals surface area contributed by atoms with E-state index in [9.17, 15) is 4.79 Å². The standard InChI is InChI=1S/C15H19N3O3/c1-10-8-18(6-7-20-10)9-13-14(15(19)17-16)11-4-2-3-5-12(11)21-13/h2-5,10H,6-9,16H2,1H3,(H,17,19). The number of nitrogens with zero attached hydrogens (tertiary/aromatic N) is 1. The second kappa shape index (κ2) is 5.85. The highest BCUT2D eigenvalue weighted by molar-refractivity contribution is 6.07. The van der Waals surface area contributed by atoms with Gasteiger partial charge >= 0.3 is 0 Å². The molecule has 6 nitrogen and oxygen atoms in total. The number of hydrogen-bond donors (Lipinski definition) is 2. The van der Waals surface area contributed by atoms with Crippen molar-refractivity contribution < 1.29 is 13.9 Å². The molecule has 1 atom stereocenters. The van der Waals surface area contributed by atoms with Crippen molar-refractivity contribution in [3.63, 3.8) is 0 Å². The fraction of sp³-hybridized carbons (Fsp3) is 0.400. The molecular formula is C15H19N3O3. The number of furan rings is 1. The molecule has 1 fully saturated rings. The molecule has 112 valence electrons. The normalized spacial score (nSPS) is 19.8. The van der Waals surface area contributed by atoms with Gasteiger partial charge in [0, 0.05) is 18.5 Å². The van der Waals surface area contributed by atoms with Crippen LogP contribution in [0.2, 0.25) is 0 Å². The Morgan fingerprint density at radius 3 is 3.05 bits per heavy atom. The van der Waals surface area contributed by atoms with E-state index in [2.05, 4.69) is 10.3 Å². The van der Waals surface area contributed by atoms with Gasteiger partial charge in [-0.2, -0.15) is 0 Å². The summed E-state index contributed by atoms with van der Waals surface area (Å²) in [6.07, 6.45) is 0.190. The van der Waals surface area contributed by atoms with Crippen molar-refractivity contribution in [3.8, 4) is 0 Å². The molecule has 1 aliphatic rings. The van der Waals surface area contributed by atoms with Crippen LogP contribution in [0.15, 0.2) is 28.7 Å². The maximum Gasteiger partial charge on any atom is 0.269 e. The number of hydrogen-bond acceptors (Lipinski definition) is 5. The third-order valence-electron chi connectivity index (χ3n) is 3.72. The first-order valence-corrected chi connectivity index (χ1v) is 7.04. The highest BCUT2D eigenvalue weighted by atomic mass is 16.5. The van der Waals surface area contributed by atoms with Crippen LogP contribution in [0.3, 0.4) is 0 Å². The minimum Gasteiger partial charge on any atom is -0.459 e. The molecule has 1 unspecified atom stereocenters. The summed E-state index contributed by atoms with van der Waals surface area (Å²) in [5.74, 6) is 5.63. The number of benzene rings is 1. The average molecular weight is 289 g/mol. The molecule has 3 rings (SSSR count). The number of ether oxygens (including phenoxy) is 1. The summed E-state index contributed by atoms with van der Waals surface area (Å²) in [5.41, 5.74) is 3.43. The number of para-hydroxylation sites is 1. The molecule has 1 amide bonds. The fourth-order valence-electron chi connectivity index (χ4n) is 2.77. The number of carbonyl (C=O) groups excluding carboxylic acids is 1. The van der Waals surface area contributed by atoms with E-state index < -0.39 is 0 Å². The van der Waals surface area contributed by atoms with Gasteiger partial charge in [0.2, 0.25) is 0 Å². The molecule has 1 aliphatic heterocycles. The topological polar surface area (TPSA) is 80.7 Å². The van der Waals surface area contributed by atoms with E-state index in [1.54, 1.807) is 0 Å². The predicted octanol–water partition coefficient (Wildman–Crippen LogP) is 1.26. The molecule has 0 bridgehead atoms. The molecule has 0 saturated carbocycles. The highest BCUT2D eigenvalue weighted by Gasteiger charge is 2.24. The van der Waals surface area contributed by atoms with E-state index in [-0.39, 0.29) is 12.0 Å². The first-order chi connectivity index (χ1) is 10.2. The number of amides is 1. The lowest BCUT2D eigenvalue weighted by Crippen LogP contribution is -2.40. The Hall–Kier alpha value is -1.89. The Labute approximate surface area is 122 Å². The molecule has 1 saturated heterocycles. The summed E-state index contributed by atoms with van der Waals surface area (Å²) < 4.78 is 11.4. The van der Waals surface area contributed by atoms with Gasteiger partial charge in [0.05, 0.1) is 24.8 Å². The molecule has 6 heteroatoms. The molecular weight excluding hydrogens is 270 g/mol. The molecule has 3 N–H and O–H groups in total. The van der Waals surface area contributed by atoms with Gasteiger partial charge in [-0.15, -0.1) is 0 Å². The fourth-order valence-corrected chi connectivity index (χ4v) is 2.77. The van der Waals surface area contributed by atoms with Gasteiger partial charge in [0.25, 0.3) is 5.91 Å². The van der Waals surface area contributed by atoms with Crippen molar-refractivity contribution in [3.05, 3.63) is 35.6 Å². The van der Waals surface area contributed by atoms with E-state index in [1.807, 2.05) is 31.2 Å². The number of nitrogen functional groups attached to an aromatic ring is 1. The Morgan fingerprint density at radius 2 is 2.29 bits per heavy atom. The van der Waals surface area contributed by atoms with Crippen molar-refractivity contribution in [1.29, 1.82) is 0 Å². The maximum atomic E-state index is 12.1. The highest BCUT2D eigenvalue weighted by Crippen LogP contribution is 2.27. The van der Waals surface area contributed by atoms with Gasteiger partial charge < -0.3 is 9.15 Å². The largest absolute Gasteiger partial charge is 0.459 e. The first-order valence-electron chi connectivity index (χ1n) is 7.04. The van der Waals surface area contributed by atoms with Crippen molar-refractivity contribution >= 4 is 16.9 Å². The lowest BCUT2D eigenvalue weighted by Gasteiger charge is -2.30. The molecule has 0 aliphatic carbocycles. The number of nitrogens with one attached hydrogen (secondary N) is 1. The molecule has 2 aromatic rings. The van der Waals surface area contributed by atoms with Crippen LogP contribution in [-0.4, -0.2) is 36.6 Å². The summed E-state index contributed by atoms with van der Waals surface area (Å²) in [5, 5.41) is 0.789. The van der Waals surface area contributed by atoms with Crippen molar-refractivity contribution in [2.24, 2.45) is 5.84 Å². The Balaban J connectivity index is 1.95. The van der Waals surface area contributed by atoms with E-state index in [4.69, 9.17) is 15.0 Å². The molecule has 1 aromatic carbocycles. The van der Waals surface area contributed by atoms with Crippen LogP contribution in [0, 0.1) is 0 Å². The minimum absolute atomic E-state index is 0.190. The summed E-state index contributed by atoms with van der Waals surface area (Å²) in [7, 11) is 0. The second-order valence-corrected chi connectivity index (χ2v) is 5.29. The Morgan fingerprint density at radius 1 is 1.48 bits per heavy atom. The monoisotopic (exact) mass is 289 g/mol. The summed E-state index contributed by atoms with van der Waals surface area (Å²) >= 11 is 0. The van der Waals surface area contributed by atoms with Gasteiger partial charge in [-0.05, 0) is 13.0 Å². The van der Waals surface area contributed by atoms with E-state index >= 15 is 0 Å². The van der Waals surface area contributed by atoms with Crippen LogP contribution >= 0.6 is 0 Å². The first kappa shape index (κ1) is 14.1. The molecule has 0 spiro atoms. The zero-order valence-electron chi connectivity index (χ0n) is 12.0. The number of rotatable bonds is 3. The van der Waals surface area contributed by atoms with Crippen LogP contribution in [0.5, 0.6) is 0 Å². The number of nitrogens with two attached hydrogens (primary N) is 1. The number of fused-ring (bicyclic) bond motifs is 1. The van der Waals surface area contributed by atoms with Crippen LogP contribution in [0.25, 0.3) is 11.0 Å². The van der Waals surface area contributed by atoms with Crippen LogP contribution in [0.4, 0.5) is 0 Å². The molecule has 1 aromatic heterocycles. The minimum atomic E-state index is -0.323. The van der Waals surface area contributed by atoms with E-state index in [0.717, 1.165) is 18.5 Å². The third-order valence-corrected chi connectivity index (χ3v) is 3.72. The van der Waals surface area contributed by atoms with Gasteiger partial charge in [0.15, 0.2) is 0 Å². The van der Waals surface area contributed by atoms with E-state index in [0.29, 0.717) is 30.1 Å². The smallest absolute Gasteiger partial charge is 0.269 e. The number of morpholine rings is 1. The zero-order chi connectivity index (χ0) is 14.8. The van der Waals surface area contributed by atoms with Gasteiger partial charge in [-0.1, -0.05) is 18.2 Å². The SMILES string of the molecule is CC1CN(Cc2oc3ccccc3c2C(=O)NN)CCO1. The Kier molecular flexibility index (Phi) is 3.92. The van der Waals surface area contributed by atoms with Crippen molar-refractivity contribution in [1.82, 2.24) is 10.3 Å². The summed E-state index contributed by atoms with van der Waals surface area (Å²) in [4.78, 5) is 14.3. The van der Waals surface area contributed by atoms with E-state index in [1.165, 1.54) is 0 Å². The predicted molar refractivity (Wildman–Crippen MR) is 78.6 cm³/mol. The lowest BCUT2D eigenvalue weighted by atomic mass is 10.1. The maximum absolute atomic E-state index is 12.1. The molecule has 0 radical (unpaired) electrons. The number of hydrazine groups is 1. The number of carbonyl (C=O) groups is 1. The Bertz CT molecular complexity index is 653. The molecule has 21 heavy (non-hydrogen) atoms. The van der Waals surface area contributed by atoms with Crippen LogP contribution in [0.1, 0.15) is 23.0 Å².